The van der Waals surface area contributed by atoms with E-state index in [1.807, 2.05) is 42.6 Å². The number of aromatic nitrogens is 2. The molecule has 3 aromatic rings. The third-order valence-corrected chi connectivity index (χ3v) is 4.49. The summed E-state index contributed by atoms with van der Waals surface area (Å²) >= 11 is 0. The number of benzene rings is 1. The van der Waals surface area contributed by atoms with Crippen molar-refractivity contribution in [2.75, 3.05) is 19.7 Å². The maximum atomic E-state index is 11.0. The SMILES string of the molecule is O=C(/C=C/c1ccc(CN(CCO)CCc2ccc3cc[nH]c3n2)cc1)NO. The van der Waals surface area contributed by atoms with Crippen LogP contribution in [0.25, 0.3) is 17.1 Å². The Hall–Kier alpha value is -3.00. The van der Waals surface area contributed by atoms with Crippen LogP contribution in [0.4, 0.5) is 0 Å². The number of amides is 1. The van der Waals surface area contributed by atoms with E-state index in [1.54, 1.807) is 11.6 Å². The number of carbonyl (C=O) groups excluding carboxylic acids is 1. The molecule has 0 saturated heterocycles. The van der Waals surface area contributed by atoms with Crippen molar-refractivity contribution in [3.05, 3.63) is 71.6 Å². The normalized spacial score (nSPS) is 11.5. The molecule has 1 aromatic carbocycles. The second kappa shape index (κ2) is 9.80. The van der Waals surface area contributed by atoms with Crippen LogP contribution in [0.1, 0.15) is 16.8 Å². The molecule has 146 valence electrons. The Bertz CT molecular complexity index is 934. The molecule has 2 aromatic heterocycles. The topological polar surface area (TPSA) is 101 Å². The minimum absolute atomic E-state index is 0.0974. The maximum Gasteiger partial charge on any atom is 0.267 e. The van der Waals surface area contributed by atoms with Crippen LogP contribution in [0.3, 0.4) is 0 Å². The lowest BCUT2D eigenvalue weighted by atomic mass is 10.1. The van der Waals surface area contributed by atoms with Crippen LogP contribution in [0.15, 0.2) is 54.7 Å². The average molecular weight is 380 g/mol. The molecule has 0 radical (unpaired) electrons. The number of H-pyrrole nitrogens is 1. The second-order valence-corrected chi connectivity index (χ2v) is 6.52. The van der Waals surface area contributed by atoms with Gasteiger partial charge in [-0.3, -0.25) is 14.9 Å². The van der Waals surface area contributed by atoms with Crippen molar-refractivity contribution in [1.82, 2.24) is 20.3 Å². The molecule has 0 atom stereocenters. The summed E-state index contributed by atoms with van der Waals surface area (Å²) in [5, 5.41) is 19.0. The van der Waals surface area contributed by atoms with Crippen LogP contribution >= 0.6 is 0 Å². The van der Waals surface area contributed by atoms with Gasteiger partial charge in [-0.15, -0.1) is 0 Å². The smallest absolute Gasteiger partial charge is 0.267 e. The van der Waals surface area contributed by atoms with Gasteiger partial charge in [0.15, 0.2) is 0 Å². The zero-order valence-corrected chi connectivity index (χ0v) is 15.5. The Morgan fingerprint density at radius 2 is 1.96 bits per heavy atom. The lowest BCUT2D eigenvalue weighted by Crippen LogP contribution is -2.28. The summed E-state index contributed by atoms with van der Waals surface area (Å²) in [7, 11) is 0. The summed E-state index contributed by atoms with van der Waals surface area (Å²) in [6, 6.07) is 13.9. The highest BCUT2D eigenvalue weighted by Crippen LogP contribution is 2.12. The predicted octanol–water partition coefficient (Wildman–Crippen LogP) is 2.12. The zero-order valence-electron chi connectivity index (χ0n) is 15.5. The van der Waals surface area contributed by atoms with Gasteiger partial charge in [-0.25, -0.2) is 10.5 Å². The number of aromatic amines is 1. The lowest BCUT2D eigenvalue weighted by molar-refractivity contribution is -0.124. The molecule has 0 aliphatic rings. The van der Waals surface area contributed by atoms with Gasteiger partial charge in [0.25, 0.3) is 5.91 Å². The molecule has 3 rings (SSSR count). The van der Waals surface area contributed by atoms with Crippen LogP contribution in [-0.2, 0) is 17.8 Å². The number of pyridine rings is 1. The molecule has 7 heteroatoms. The fourth-order valence-corrected chi connectivity index (χ4v) is 3.00. The first-order valence-corrected chi connectivity index (χ1v) is 9.15. The number of nitrogens with zero attached hydrogens (tertiary/aromatic N) is 2. The quantitative estimate of drug-likeness (QED) is 0.259. The third-order valence-electron chi connectivity index (χ3n) is 4.49. The van der Waals surface area contributed by atoms with Crippen LogP contribution in [0.5, 0.6) is 0 Å². The molecule has 2 heterocycles. The van der Waals surface area contributed by atoms with Crippen molar-refractivity contribution in [3.63, 3.8) is 0 Å². The van der Waals surface area contributed by atoms with Crippen molar-refractivity contribution in [2.45, 2.75) is 13.0 Å². The summed E-state index contributed by atoms with van der Waals surface area (Å²) in [6.45, 7) is 2.19. The van der Waals surface area contributed by atoms with Gasteiger partial charge in [-0.1, -0.05) is 24.3 Å². The number of hydroxylamine groups is 1. The van der Waals surface area contributed by atoms with Gasteiger partial charge in [0, 0.05) is 49.4 Å². The molecule has 0 bridgehead atoms. The van der Waals surface area contributed by atoms with Crippen LogP contribution in [0.2, 0.25) is 0 Å². The average Bonchev–Trinajstić information content (AvgIpc) is 3.19. The monoisotopic (exact) mass is 380 g/mol. The molecule has 0 aliphatic carbocycles. The molecule has 0 spiro atoms. The van der Waals surface area contributed by atoms with E-state index in [0.717, 1.165) is 40.8 Å². The Kier molecular flexibility index (Phi) is 6.91. The molecular weight excluding hydrogens is 356 g/mol. The minimum Gasteiger partial charge on any atom is -0.395 e. The number of carbonyl (C=O) groups is 1. The number of nitrogens with one attached hydrogen (secondary N) is 2. The number of hydrogen-bond donors (Lipinski definition) is 4. The molecule has 1 amide bonds. The Morgan fingerprint density at radius 3 is 2.71 bits per heavy atom. The van der Waals surface area contributed by atoms with E-state index in [-0.39, 0.29) is 6.61 Å². The molecule has 0 aliphatic heterocycles. The van der Waals surface area contributed by atoms with E-state index in [2.05, 4.69) is 20.9 Å². The van der Waals surface area contributed by atoms with Gasteiger partial charge in [0.1, 0.15) is 5.65 Å². The summed E-state index contributed by atoms with van der Waals surface area (Å²) < 4.78 is 0. The zero-order chi connectivity index (χ0) is 19.8. The van der Waals surface area contributed by atoms with Crippen molar-refractivity contribution >= 4 is 23.0 Å². The molecular formula is C21H24N4O3. The van der Waals surface area contributed by atoms with Crippen LogP contribution in [0, 0.1) is 0 Å². The fraction of sp³-hybridized carbons (Fsp3) is 0.238. The van der Waals surface area contributed by atoms with Gasteiger partial charge >= 0.3 is 0 Å². The standard InChI is InChI=1S/C21H24N4O3/c26-14-13-25(12-10-19-7-6-18-9-11-22-21(18)23-19)15-17-3-1-16(2-4-17)5-8-20(27)24-28/h1-9,11,26,28H,10,12-15H2,(H,22,23)(H,24,27)/b8-5+. The molecule has 0 saturated carbocycles. The van der Waals surface area contributed by atoms with Gasteiger partial charge in [-0.2, -0.15) is 0 Å². The molecule has 4 N–H and O–H groups in total. The summed E-state index contributed by atoms with van der Waals surface area (Å²) in [5.74, 6) is -0.565. The highest BCUT2D eigenvalue weighted by Gasteiger charge is 2.08. The molecule has 28 heavy (non-hydrogen) atoms. The number of aliphatic hydroxyl groups excluding tert-OH is 1. The number of hydrogen-bond acceptors (Lipinski definition) is 5. The van der Waals surface area contributed by atoms with Gasteiger partial charge in [0.05, 0.1) is 6.61 Å². The Morgan fingerprint density at radius 1 is 1.14 bits per heavy atom. The number of aliphatic hydroxyl groups is 1. The largest absolute Gasteiger partial charge is 0.395 e. The minimum atomic E-state index is -0.565. The Balaban J connectivity index is 1.59. The van der Waals surface area contributed by atoms with Gasteiger partial charge in [-0.05, 0) is 35.4 Å². The summed E-state index contributed by atoms with van der Waals surface area (Å²) in [4.78, 5) is 21.0. The van der Waals surface area contributed by atoms with Gasteiger partial charge in [0.2, 0.25) is 0 Å². The first-order valence-electron chi connectivity index (χ1n) is 9.15. The van der Waals surface area contributed by atoms with Crippen molar-refractivity contribution in [2.24, 2.45) is 0 Å². The predicted molar refractivity (Wildman–Crippen MR) is 108 cm³/mol. The second-order valence-electron chi connectivity index (χ2n) is 6.52. The van der Waals surface area contributed by atoms with E-state index in [9.17, 15) is 9.90 Å². The van der Waals surface area contributed by atoms with Crippen molar-refractivity contribution < 1.29 is 15.1 Å². The van der Waals surface area contributed by atoms with E-state index in [0.29, 0.717) is 13.1 Å². The van der Waals surface area contributed by atoms with Crippen LogP contribution in [-0.4, -0.2) is 50.8 Å². The maximum absolute atomic E-state index is 11.0. The number of rotatable bonds is 9. The highest BCUT2D eigenvalue weighted by atomic mass is 16.5. The first-order chi connectivity index (χ1) is 13.7. The number of fused-ring (bicyclic) bond motifs is 1. The summed E-state index contributed by atoms with van der Waals surface area (Å²) in [5.41, 5.74) is 5.45. The van der Waals surface area contributed by atoms with Crippen molar-refractivity contribution in [1.29, 1.82) is 0 Å². The van der Waals surface area contributed by atoms with E-state index in [4.69, 9.17) is 5.21 Å². The Labute approximate surface area is 163 Å². The van der Waals surface area contributed by atoms with E-state index < -0.39 is 5.91 Å². The van der Waals surface area contributed by atoms with E-state index >= 15 is 0 Å². The molecule has 0 unspecified atom stereocenters. The first kappa shape index (κ1) is 19.8. The molecule has 7 nitrogen and oxygen atoms in total. The molecule has 0 fully saturated rings. The highest BCUT2D eigenvalue weighted by molar-refractivity contribution is 5.90. The fourth-order valence-electron chi connectivity index (χ4n) is 3.00. The lowest BCUT2D eigenvalue weighted by Gasteiger charge is -2.21. The van der Waals surface area contributed by atoms with Crippen LogP contribution < -0.4 is 5.48 Å². The van der Waals surface area contributed by atoms with E-state index in [1.165, 1.54) is 6.08 Å². The van der Waals surface area contributed by atoms with Gasteiger partial charge < -0.3 is 10.1 Å². The van der Waals surface area contributed by atoms with Crippen molar-refractivity contribution in [3.8, 4) is 0 Å². The summed E-state index contributed by atoms with van der Waals surface area (Å²) in [6.07, 6.45) is 5.57. The third kappa shape index (κ3) is 5.50.